The Balaban J connectivity index is 2.07. The molecule has 122 valence electrons. The normalized spacial score (nSPS) is 11.3. The Morgan fingerprint density at radius 2 is 1.74 bits per heavy atom. The first-order valence-electron chi connectivity index (χ1n) is 6.31. The molecule has 0 atom stereocenters. The standard InChI is InChI=1S/C15H10Cl2F3NOS/c16-9-4-6-10(7-5-9)23-8-13(22)21-14-11(15(18,19)20)2-1-3-12(14)17/h1-7H,8H2,(H,21,22). The van der Waals surface area contributed by atoms with Crippen molar-refractivity contribution < 1.29 is 18.0 Å². The molecule has 2 rings (SSSR count). The van der Waals surface area contributed by atoms with E-state index in [0.29, 0.717) is 5.02 Å². The average molecular weight is 380 g/mol. The monoisotopic (exact) mass is 379 g/mol. The zero-order valence-electron chi connectivity index (χ0n) is 11.5. The number of rotatable bonds is 4. The van der Waals surface area contributed by atoms with Crippen molar-refractivity contribution in [3.8, 4) is 0 Å². The van der Waals surface area contributed by atoms with Crippen LogP contribution in [0.2, 0.25) is 10.0 Å². The number of anilines is 1. The van der Waals surface area contributed by atoms with Gasteiger partial charge in [-0.05, 0) is 36.4 Å². The summed E-state index contributed by atoms with van der Waals surface area (Å²) in [5.41, 5.74) is -1.40. The molecule has 0 bridgehead atoms. The highest BCUT2D eigenvalue weighted by Gasteiger charge is 2.34. The minimum atomic E-state index is -4.60. The van der Waals surface area contributed by atoms with E-state index >= 15 is 0 Å². The van der Waals surface area contributed by atoms with Gasteiger partial charge in [-0.25, -0.2) is 0 Å². The molecule has 0 aromatic heterocycles. The summed E-state index contributed by atoms with van der Waals surface area (Å²) < 4.78 is 38.8. The molecule has 1 amide bonds. The molecule has 23 heavy (non-hydrogen) atoms. The number of thioether (sulfide) groups is 1. The van der Waals surface area contributed by atoms with Crippen molar-refractivity contribution in [2.45, 2.75) is 11.1 Å². The SMILES string of the molecule is O=C(CSc1ccc(Cl)cc1)Nc1c(Cl)cccc1C(F)(F)F. The van der Waals surface area contributed by atoms with E-state index in [-0.39, 0.29) is 10.8 Å². The minimum absolute atomic E-state index is 0.0514. The van der Waals surface area contributed by atoms with Gasteiger partial charge in [-0.1, -0.05) is 29.3 Å². The van der Waals surface area contributed by atoms with Gasteiger partial charge in [-0.3, -0.25) is 4.79 Å². The zero-order valence-corrected chi connectivity index (χ0v) is 13.8. The van der Waals surface area contributed by atoms with Gasteiger partial charge in [0.15, 0.2) is 0 Å². The van der Waals surface area contributed by atoms with E-state index in [9.17, 15) is 18.0 Å². The first kappa shape index (κ1) is 18.0. The molecule has 2 aromatic rings. The molecule has 0 aliphatic rings. The lowest BCUT2D eigenvalue weighted by atomic mass is 10.1. The number of carbonyl (C=O) groups is 1. The van der Waals surface area contributed by atoms with E-state index in [2.05, 4.69) is 5.32 Å². The van der Waals surface area contributed by atoms with Crippen LogP contribution in [0.1, 0.15) is 5.56 Å². The summed E-state index contributed by atoms with van der Waals surface area (Å²) in [7, 11) is 0. The molecule has 0 heterocycles. The molecule has 0 aliphatic heterocycles. The highest BCUT2D eigenvalue weighted by Crippen LogP contribution is 2.38. The lowest BCUT2D eigenvalue weighted by Gasteiger charge is -2.15. The van der Waals surface area contributed by atoms with Crippen LogP contribution in [0.3, 0.4) is 0 Å². The predicted octanol–water partition coefficient (Wildman–Crippen LogP) is 5.74. The van der Waals surface area contributed by atoms with E-state index in [1.54, 1.807) is 24.3 Å². The van der Waals surface area contributed by atoms with E-state index < -0.39 is 23.3 Å². The fourth-order valence-corrected chi connectivity index (χ4v) is 2.79. The number of para-hydroxylation sites is 1. The highest BCUT2D eigenvalue weighted by atomic mass is 35.5. The van der Waals surface area contributed by atoms with Crippen molar-refractivity contribution in [2.24, 2.45) is 0 Å². The molecule has 0 fully saturated rings. The largest absolute Gasteiger partial charge is 0.418 e. The van der Waals surface area contributed by atoms with Gasteiger partial charge in [-0.15, -0.1) is 11.8 Å². The van der Waals surface area contributed by atoms with E-state index in [1.807, 2.05) is 0 Å². The molecule has 0 saturated heterocycles. The fourth-order valence-electron chi connectivity index (χ4n) is 1.74. The Kier molecular flexibility index (Phi) is 5.84. The third-order valence-corrected chi connectivity index (χ3v) is 4.35. The van der Waals surface area contributed by atoms with Gasteiger partial charge < -0.3 is 5.32 Å². The van der Waals surface area contributed by atoms with Crippen LogP contribution in [0.5, 0.6) is 0 Å². The number of hydrogen-bond donors (Lipinski definition) is 1. The summed E-state index contributed by atoms with van der Waals surface area (Å²) in [4.78, 5) is 12.7. The van der Waals surface area contributed by atoms with Crippen molar-refractivity contribution in [1.29, 1.82) is 0 Å². The summed E-state index contributed by atoms with van der Waals surface area (Å²) in [6, 6.07) is 10.1. The molecule has 1 N–H and O–H groups in total. The van der Waals surface area contributed by atoms with Crippen LogP contribution >= 0.6 is 35.0 Å². The van der Waals surface area contributed by atoms with Crippen LogP contribution in [-0.2, 0) is 11.0 Å². The third-order valence-electron chi connectivity index (χ3n) is 2.77. The van der Waals surface area contributed by atoms with Crippen LogP contribution in [0, 0.1) is 0 Å². The van der Waals surface area contributed by atoms with Crippen LogP contribution < -0.4 is 5.32 Å². The van der Waals surface area contributed by atoms with Gasteiger partial charge in [0.25, 0.3) is 0 Å². The molecule has 2 aromatic carbocycles. The Labute approximate surface area is 145 Å². The Morgan fingerprint density at radius 3 is 2.35 bits per heavy atom. The van der Waals surface area contributed by atoms with Crippen molar-refractivity contribution in [3.63, 3.8) is 0 Å². The molecule has 2 nitrogen and oxygen atoms in total. The van der Waals surface area contributed by atoms with E-state index in [1.165, 1.54) is 23.9 Å². The maximum absolute atomic E-state index is 12.9. The molecular formula is C15H10Cl2F3NOS. The van der Waals surface area contributed by atoms with Crippen LogP contribution in [0.25, 0.3) is 0 Å². The maximum Gasteiger partial charge on any atom is 0.418 e. The van der Waals surface area contributed by atoms with E-state index in [4.69, 9.17) is 23.2 Å². The summed E-state index contributed by atoms with van der Waals surface area (Å²) in [5.74, 6) is -0.631. The van der Waals surface area contributed by atoms with Crippen molar-refractivity contribution >= 4 is 46.6 Å². The Hall–Kier alpha value is -1.37. The smallest absolute Gasteiger partial charge is 0.324 e. The van der Waals surface area contributed by atoms with Gasteiger partial charge >= 0.3 is 6.18 Å². The highest BCUT2D eigenvalue weighted by molar-refractivity contribution is 8.00. The number of alkyl halides is 3. The summed E-state index contributed by atoms with van der Waals surface area (Å²) >= 11 is 12.7. The number of halogens is 5. The van der Waals surface area contributed by atoms with Crippen LogP contribution in [-0.4, -0.2) is 11.7 Å². The van der Waals surface area contributed by atoms with E-state index in [0.717, 1.165) is 11.0 Å². The van der Waals surface area contributed by atoms with Gasteiger partial charge in [0, 0.05) is 9.92 Å². The molecule has 0 aliphatic carbocycles. The van der Waals surface area contributed by atoms with Crippen LogP contribution in [0.15, 0.2) is 47.4 Å². The number of hydrogen-bond acceptors (Lipinski definition) is 2. The zero-order chi connectivity index (χ0) is 17.0. The van der Waals surface area contributed by atoms with Crippen molar-refractivity contribution in [3.05, 3.63) is 58.1 Å². The first-order chi connectivity index (χ1) is 10.8. The maximum atomic E-state index is 12.9. The van der Waals surface area contributed by atoms with Gasteiger partial charge in [0.2, 0.25) is 5.91 Å². The van der Waals surface area contributed by atoms with Gasteiger partial charge in [-0.2, -0.15) is 13.2 Å². The quantitative estimate of drug-likeness (QED) is 0.685. The average Bonchev–Trinajstić information content (AvgIpc) is 2.47. The van der Waals surface area contributed by atoms with Crippen molar-refractivity contribution in [1.82, 2.24) is 0 Å². The second kappa shape index (κ2) is 7.47. The Morgan fingerprint density at radius 1 is 1.09 bits per heavy atom. The van der Waals surface area contributed by atoms with Gasteiger partial charge in [0.1, 0.15) is 0 Å². The number of benzene rings is 2. The molecule has 0 spiro atoms. The lowest BCUT2D eigenvalue weighted by Crippen LogP contribution is -2.18. The lowest BCUT2D eigenvalue weighted by molar-refractivity contribution is -0.137. The minimum Gasteiger partial charge on any atom is -0.324 e. The van der Waals surface area contributed by atoms with Crippen LogP contribution in [0.4, 0.5) is 18.9 Å². The summed E-state index contributed by atoms with van der Waals surface area (Å²) in [6.07, 6.45) is -4.60. The van der Waals surface area contributed by atoms with Crippen molar-refractivity contribution in [2.75, 3.05) is 11.1 Å². The molecular weight excluding hydrogens is 370 g/mol. The Bertz CT molecular complexity index is 705. The summed E-state index contributed by atoms with van der Waals surface area (Å²) in [6.45, 7) is 0. The molecule has 0 unspecified atom stereocenters. The number of amides is 1. The van der Waals surface area contributed by atoms with Gasteiger partial charge in [0.05, 0.1) is 22.0 Å². The second-order valence-corrected chi connectivity index (χ2v) is 6.34. The molecule has 8 heteroatoms. The summed E-state index contributed by atoms with van der Waals surface area (Å²) in [5, 5.41) is 2.63. The molecule has 0 saturated carbocycles. The number of nitrogens with one attached hydrogen (secondary N) is 1. The third kappa shape index (κ3) is 5.06. The first-order valence-corrected chi connectivity index (χ1v) is 8.05. The topological polar surface area (TPSA) is 29.1 Å². The molecule has 0 radical (unpaired) electrons. The predicted molar refractivity (Wildman–Crippen MR) is 87.3 cm³/mol. The second-order valence-electron chi connectivity index (χ2n) is 4.45. The fraction of sp³-hybridized carbons (Fsp3) is 0.133. The number of carbonyl (C=O) groups excluding carboxylic acids is 1.